The van der Waals surface area contributed by atoms with Crippen molar-refractivity contribution in [3.8, 4) is 17.0 Å². The van der Waals surface area contributed by atoms with Gasteiger partial charge in [-0.2, -0.15) is 0 Å². The van der Waals surface area contributed by atoms with Crippen LogP contribution in [0.1, 0.15) is 11.5 Å². The molecule has 0 atom stereocenters. The first kappa shape index (κ1) is 13.5. The van der Waals surface area contributed by atoms with E-state index < -0.39 is 11.6 Å². The summed E-state index contributed by atoms with van der Waals surface area (Å²) in [7, 11) is 1.29. The van der Waals surface area contributed by atoms with Crippen molar-refractivity contribution in [2.45, 2.75) is 13.3 Å². The molecule has 0 spiro atoms. The topological polar surface area (TPSA) is 63.9 Å². The Morgan fingerprint density at radius 1 is 1.32 bits per heavy atom. The number of imidazole rings is 1. The van der Waals surface area contributed by atoms with Crippen molar-refractivity contribution in [1.82, 2.24) is 9.97 Å². The molecule has 4 nitrogen and oxygen atoms in total. The van der Waals surface area contributed by atoms with Crippen LogP contribution in [0.15, 0.2) is 12.1 Å². The van der Waals surface area contributed by atoms with Crippen LogP contribution in [0.2, 0.25) is 0 Å². The SMILES string of the molecule is COc1cc(F)c(-c2nc(CCN)[nH]c2C)cc1F. The van der Waals surface area contributed by atoms with E-state index in [2.05, 4.69) is 9.97 Å². The van der Waals surface area contributed by atoms with Crippen molar-refractivity contribution < 1.29 is 13.5 Å². The highest BCUT2D eigenvalue weighted by atomic mass is 19.1. The maximum atomic E-state index is 14.0. The maximum absolute atomic E-state index is 14.0. The standard InChI is InChI=1S/C13H15F2N3O/c1-7-13(18-12(17-7)3-4-16)8-5-10(15)11(19-2)6-9(8)14/h5-6H,3-4,16H2,1-2H3,(H,17,18). The molecule has 1 heterocycles. The number of hydrogen-bond acceptors (Lipinski definition) is 3. The molecule has 19 heavy (non-hydrogen) atoms. The maximum Gasteiger partial charge on any atom is 0.165 e. The normalized spacial score (nSPS) is 10.8. The van der Waals surface area contributed by atoms with Gasteiger partial charge in [0.25, 0.3) is 0 Å². The van der Waals surface area contributed by atoms with E-state index in [9.17, 15) is 8.78 Å². The van der Waals surface area contributed by atoms with E-state index in [1.807, 2.05) is 0 Å². The van der Waals surface area contributed by atoms with Gasteiger partial charge in [-0.1, -0.05) is 0 Å². The van der Waals surface area contributed by atoms with Crippen molar-refractivity contribution in [1.29, 1.82) is 0 Å². The molecule has 0 unspecified atom stereocenters. The van der Waals surface area contributed by atoms with Crippen LogP contribution >= 0.6 is 0 Å². The van der Waals surface area contributed by atoms with E-state index in [1.54, 1.807) is 6.92 Å². The molecule has 0 fully saturated rings. The smallest absolute Gasteiger partial charge is 0.165 e. The van der Waals surface area contributed by atoms with Crippen LogP contribution in [0, 0.1) is 18.6 Å². The summed E-state index contributed by atoms with van der Waals surface area (Å²) in [6, 6.07) is 2.10. The summed E-state index contributed by atoms with van der Waals surface area (Å²) < 4.78 is 32.3. The Labute approximate surface area is 109 Å². The third-order valence-corrected chi connectivity index (χ3v) is 2.81. The Hall–Kier alpha value is -1.95. The number of H-pyrrole nitrogens is 1. The number of nitrogens with one attached hydrogen (secondary N) is 1. The second-order valence-corrected chi connectivity index (χ2v) is 4.16. The minimum absolute atomic E-state index is 0.107. The second-order valence-electron chi connectivity index (χ2n) is 4.16. The molecule has 2 aromatic rings. The molecule has 0 radical (unpaired) electrons. The van der Waals surface area contributed by atoms with Crippen LogP contribution in [0.3, 0.4) is 0 Å². The predicted molar refractivity (Wildman–Crippen MR) is 68.0 cm³/mol. The lowest BCUT2D eigenvalue weighted by Gasteiger charge is -2.06. The Morgan fingerprint density at radius 3 is 2.68 bits per heavy atom. The fraction of sp³-hybridized carbons (Fsp3) is 0.308. The first-order chi connectivity index (χ1) is 9.06. The number of hydrogen-bond donors (Lipinski definition) is 2. The van der Waals surface area contributed by atoms with E-state index in [0.29, 0.717) is 30.2 Å². The van der Waals surface area contributed by atoms with Gasteiger partial charge in [-0.25, -0.2) is 13.8 Å². The van der Waals surface area contributed by atoms with Crippen LogP contribution < -0.4 is 10.5 Å². The van der Waals surface area contributed by atoms with Crippen molar-refractivity contribution in [2.24, 2.45) is 5.73 Å². The Bertz CT molecular complexity index is 596. The van der Waals surface area contributed by atoms with Gasteiger partial charge in [0.1, 0.15) is 11.6 Å². The molecule has 0 saturated carbocycles. The van der Waals surface area contributed by atoms with Gasteiger partial charge in [0.15, 0.2) is 11.6 Å². The molecule has 2 rings (SSSR count). The van der Waals surface area contributed by atoms with Gasteiger partial charge in [-0.3, -0.25) is 0 Å². The third kappa shape index (κ3) is 2.58. The summed E-state index contributed by atoms with van der Waals surface area (Å²) in [5.74, 6) is -0.670. The molecule has 102 valence electrons. The average Bonchev–Trinajstić information content (AvgIpc) is 2.73. The largest absolute Gasteiger partial charge is 0.494 e. The number of rotatable bonds is 4. The number of aromatic nitrogens is 2. The molecule has 0 amide bonds. The van der Waals surface area contributed by atoms with E-state index >= 15 is 0 Å². The Balaban J connectivity index is 2.49. The molecule has 0 aliphatic carbocycles. The van der Waals surface area contributed by atoms with E-state index in [4.69, 9.17) is 10.5 Å². The van der Waals surface area contributed by atoms with Gasteiger partial charge >= 0.3 is 0 Å². The zero-order chi connectivity index (χ0) is 14.0. The predicted octanol–water partition coefficient (Wildman–Crippen LogP) is 2.17. The van der Waals surface area contributed by atoms with Gasteiger partial charge in [-0.15, -0.1) is 0 Å². The average molecular weight is 267 g/mol. The molecule has 1 aromatic heterocycles. The number of aromatic amines is 1. The monoisotopic (exact) mass is 267 g/mol. The number of halogens is 2. The quantitative estimate of drug-likeness (QED) is 0.892. The lowest BCUT2D eigenvalue weighted by atomic mass is 10.1. The highest BCUT2D eigenvalue weighted by Gasteiger charge is 2.16. The summed E-state index contributed by atoms with van der Waals surface area (Å²) in [5, 5.41) is 0. The van der Waals surface area contributed by atoms with Crippen LogP contribution in [0.4, 0.5) is 8.78 Å². The highest BCUT2D eigenvalue weighted by molar-refractivity contribution is 5.64. The van der Waals surface area contributed by atoms with Gasteiger partial charge < -0.3 is 15.5 Å². The highest BCUT2D eigenvalue weighted by Crippen LogP contribution is 2.29. The third-order valence-electron chi connectivity index (χ3n) is 2.81. The van der Waals surface area contributed by atoms with Gasteiger partial charge in [0, 0.05) is 23.7 Å². The number of benzene rings is 1. The summed E-state index contributed by atoms with van der Waals surface area (Å²) in [4.78, 5) is 7.25. The zero-order valence-corrected chi connectivity index (χ0v) is 10.8. The molecule has 1 aromatic carbocycles. The van der Waals surface area contributed by atoms with Crippen LogP contribution in [-0.2, 0) is 6.42 Å². The zero-order valence-electron chi connectivity index (χ0n) is 10.8. The van der Waals surface area contributed by atoms with E-state index in [1.165, 1.54) is 7.11 Å². The van der Waals surface area contributed by atoms with Gasteiger partial charge in [-0.05, 0) is 19.5 Å². The molecule has 3 N–H and O–H groups in total. The van der Waals surface area contributed by atoms with Crippen molar-refractivity contribution >= 4 is 0 Å². The lowest BCUT2D eigenvalue weighted by Crippen LogP contribution is -2.03. The molecular formula is C13H15F2N3O. The fourth-order valence-corrected chi connectivity index (χ4v) is 1.91. The van der Waals surface area contributed by atoms with Crippen molar-refractivity contribution in [2.75, 3.05) is 13.7 Å². The first-order valence-corrected chi connectivity index (χ1v) is 5.85. The fourth-order valence-electron chi connectivity index (χ4n) is 1.91. The number of methoxy groups -OCH3 is 1. The molecular weight excluding hydrogens is 252 g/mol. The molecule has 6 heteroatoms. The number of nitrogens with zero attached hydrogens (tertiary/aromatic N) is 1. The van der Waals surface area contributed by atoms with Gasteiger partial charge in [0.05, 0.1) is 12.8 Å². The second kappa shape index (κ2) is 5.36. The molecule has 0 aliphatic heterocycles. The summed E-state index contributed by atoms with van der Waals surface area (Å²) >= 11 is 0. The molecule has 0 saturated heterocycles. The van der Waals surface area contributed by atoms with E-state index in [0.717, 1.165) is 12.1 Å². The number of aryl methyl sites for hydroxylation is 1. The first-order valence-electron chi connectivity index (χ1n) is 5.85. The van der Waals surface area contributed by atoms with Crippen molar-refractivity contribution in [3.05, 3.63) is 35.3 Å². The van der Waals surface area contributed by atoms with Crippen LogP contribution in [-0.4, -0.2) is 23.6 Å². The number of nitrogens with two attached hydrogens (primary N) is 1. The minimum Gasteiger partial charge on any atom is -0.494 e. The summed E-state index contributed by atoms with van der Waals surface area (Å²) in [6.45, 7) is 2.19. The summed E-state index contributed by atoms with van der Waals surface area (Å²) in [5.41, 5.74) is 6.61. The number of ether oxygens (including phenoxy) is 1. The Kier molecular flexibility index (Phi) is 3.80. The van der Waals surface area contributed by atoms with Gasteiger partial charge in [0.2, 0.25) is 0 Å². The van der Waals surface area contributed by atoms with Crippen molar-refractivity contribution in [3.63, 3.8) is 0 Å². The minimum atomic E-state index is -0.623. The van der Waals surface area contributed by atoms with Crippen LogP contribution in [0.25, 0.3) is 11.3 Å². The lowest BCUT2D eigenvalue weighted by molar-refractivity contribution is 0.383. The molecule has 0 aliphatic rings. The summed E-state index contributed by atoms with van der Waals surface area (Å²) in [6.07, 6.45) is 0.557. The van der Waals surface area contributed by atoms with Crippen LogP contribution in [0.5, 0.6) is 5.75 Å². The Morgan fingerprint density at radius 2 is 2.05 bits per heavy atom. The van der Waals surface area contributed by atoms with E-state index in [-0.39, 0.29) is 11.3 Å². The molecule has 0 bridgehead atoms.